The first kappa shape index (κ1) is 20.5. The number of rotatable bonds is 8. The first-order valence-corrected chi connectivity index (χ1v) is 8.87. The molecule has 0 radical (unpaired) electrons. The first-order valence-electron chi connectivity index (χ1n) is 8.87. The summed E-state index contributed by atoms with van der Waals surface area (Å²) in [6.07, 6.45) is 1.15. The van der Waals surface area contributed by atoms with Crippen molar-refractivity contribution in [2.24, 2.45) is 0 Å². The van der Waals surface area contributed by atoms with E-state index < -0.39 is 16.6 Å². The van der Waals surface area contributed by atoms with Gasteiger partial charge in [-0.05, 0) is 55.5 Å². The SMILES string of the molecule is CCOC(=O)c1ccc(Nc2ncnc(Oc3ccc(OC)cc3)c2[N+](=O)[O-])cc1. The molecule has 0 aliphatic rings. The van der Waals surface area contributed by atoms with E-state index in [1.165, 1.54) is 7.11 Å². The summed E-state index contributed by atoms with van der Waals surface area (Å²) in [6, 6.07) is 12.8. The lowest BCUT2D eigenvalue weighted by atomic mass is 10.2. The van der Waals surface area contributed by atoms with Crippen LogP contribution in [0.4, 0.5) is 17.2 Å². The van der Waals surface area contributed by atoms with Crippen LogP contribution in [0, 0.1) is 10.1 Å². The van der Waals surface area contributed by atoms with Crippen molar-refractivity contribution in [1.82, 2.24) is 9.97 Å². The lowest BCUT2D eigenvalue weighted by molar-refractivity contribution is -0.385. The number of nitro groups is 1. The van der Waals surface area contributed by atoms with E-state index >= 15 is 0 Å². The molecule has 10 nitrogen and oxygen atoms in total. The average Bonchev–Trinajstić information content (AvgIpc) is 2.75. The molecule has 0 atom stereocenters. The number of esters is 1. The third-order valence-corrected chi connectivity index (χ3v) is 3.90. The summed E-state index contributed by atoms with van der Waals surface area (Å²) in [5.74, 6) is 0.246. The Kier molecular flexibility index (Phi) is 6.38. The van der Waals surface area contributed by atoms with Crippen LogP contribution in [0.3, 0.4) is 0 Å². The smallest absolute Gasteiger partial charge is 0.373 e. The van der Waals surface area contributed by atoms with Crippen molar-refractivity contribution >= 4 is 23.2 Å². The second kappa shape index (κ2) is 9.32. The highest BCUT2D eigenvalue weighted by Crippen LogP contribution is 2.35. The van der Waals surface area contributed by atoms with Crippen molar-refractivity contribution < 1.29 is 23.9 Å². The third kappa shape index (κ3) is 4.79. The van der Waals surface area contributed by atoms with Gasteiger partial charge in [-0.1, -0.05) is 0 Å². The number of carbonyl (C=O) groups is 1. The molecule has 154 valence electrons. The Morgan fingerprint density at radius 2 is 1.73 bits per heavy atom. The Labute approximate surface area is 171 Å². The fraction of sp³-hybridized carbons (Fsp3) is 0.150. The first-order chi connectivity index (χ1) is 14.5. The molecule has 30 heavy (non-hydrogen) atoms. The van der Waals surface area contributed by atoms with Crippen molar-refractivity contribution in [3.63, 3.8) is 0 Å². The van der Waals surface area contributed by atoms with E-state index in [9.17, 15) is 14.9 Å². The maximum Gasteiger partial charge on any atom is 0.373 e. The second-order valence-corrected chi connectivity index (χ2v) is 5.83. The van der Waals surface area contributed by atoms with Gasteiger partial charge in [0.1, 0.15) is 17.8 Å². The molecule has 0 fully saturated rings. The molecule has 10 heteroatoms. The van der Waals surface area contributed by atoms with Gasteiger partial charge in [-0.3, -0.25) is 10.1 Å². The summed E-state index contributed by atoms with van der Waals surface area (Å²) in [6.45, 7) is 1.98. The van der Waals surface area contributed by atoms with Crippen LogP contribution in [0.1, 0.15) is 17.3 Å². The zero-order chi connectivity index (χ0) is 21.5. The van der Waals surface area contributed by atoms with E-state index in [4.69, 9.17) is 14.2 Å². The Morgan fingerprint density at radius 1 is 1.07 bits per heavy atom. The summed E-state index contributed by atoms with van der Waals surface area (Å²) in [5, 5.41) is 14.5. The number of aromatic nitrogens is 2. The number of ether oxygens (including phenoxy) is 3. The highest BCUT2D eigenvalue weighted by molar-refractivity contribution is 5.90. The Hall–Kier alpha value is -4.21. The molecule has 1 aromatic heterocycles. The van der Waals surface area contributed by atoms with Crippen molar-refractivity contribution in [3.05, 3.63) is 70.5 Å². The van der Waals surface area contributed by atoms with Crippen LogP contribution < -0.4 is 14.8 Å². The number of nitrogens with zero attached hydrogens (tertiary/aromatic N) is 3. The summed E-state index contributed by atoms with van der Waals surface area (Å²) in [7, 11) is 1.53. The molecule has 0 amide bonds. The minimum atomic E-state index is -0.631. The van der Waals surface area contributed by atoms with Gasteiger partial charge in [-0.2, -0.15) is 4.98 Å². The van der Waals surface area contributed by atoms with Crippen LogP contribution in [0.25, 0.3) is 0 Å². The Morgan fingerprint density at radius 3 is 2.33 bits per heavy atom. The monoisotopic (exact) mass is 410 g/mol. The lowest BCUT2D eigenvalue weighted by Gasteiger charge is -2.10. The van der Waals surface area contributed by atoms with Crippen LogP contribution in [0.15, 0.2) is 54.9 Å². The van der Waals surface area contributed by atoms with Gasteiger partial charge in [0.15, 0.2) is 0 Å². The Bertz CT molecular complexity index is 1040. The zero-order valence-corrected chi connectivity index (χ0v) is 16.2. The van der Waals surface area contributed by atoms with E-state index in [-0.39, 0.29) is 18.3 Å². The zero-order valence-electron chi connectivity index (χ0n) is 16.2. The maximum atomic E-state index is 11.7. The molecule has 0 saturated heterocycles. The van der Waals surface area contributed by atoms with Crippen LogP contribution in [0.2, 0.25) is 0 Å². The topological polar surface area (TPSA) is 126 Å². The standard InChI is InChI=1S/C20H18N4O6/c1-3-29-20(25)13-4-6-14(7-5-13)23-18-17(24(26)27)19(22-12-21-18)30-16-10-8-15(28-2)9-11-16/h4-12H,3H2,1-2H3,(H,21,22,23). The van der Waals surface area contributed by atoms with E-state index in [1.807, 2.05) is 0 Å². The second-order valence-electron chi connectivity index (χ2n) is 5.83. The van der Waals surface area contributed by atoms with Gasteiger partial charge in [0.25, 0.3) is 0 Å². The molecule has 0 saturated carbocycles. The van der Waals surface area contributed by atoms with E-state index in [2.05, 4.69) is 15.3 Å². The normalized spacial score (nSPS) is 10.2. The molecule has 0 spiro atoms. The summed E-state index contributed by atoms with van der Waals surface area (Å²) in [4.78, 5) is 30.6. The van der Waals surface area contributed by atoms with Gasteiger partial charge >= 0.3 is 17.5 Å². The van der Waals surface area contributed by atoms with Crippen LogP contribution in [-0.4, -0.2) is 34.6 Å². The van der Waals surface area contributed by atoms with E-state index in [1.54, 1.807) is 55.5 Å². The van der Waals surface area contributed by atoms with Crippen LogP contribution >= 0.6 is 0 Å². The van der Waals surface area contributed by atoms with Gasteiger partial charge < -0.3 is 19.5 Å². The van der Waals surface area contributed by atoms with Crippen LogP contribution in [0.5, 0.6) is 17.4 Å². The van der Waals surface area contributed by atoms with Crippen LogP contribution in [-0.2, 0) is 4.74 Å². The van der Waals surface area contributed by atoms with Gasteiger partial charge in [-0.25, -0.2) is 9.78 Å². The van der Waals surface area contributed by atoms with E-state index in [0.29, 0.717) is 22.7 Å². The average molecular weight is 410 g/mol. The third-order valence-electron chi connectivity index (χ3n) is 3.90. The molecule has 0 bridgehead atoms. The highest BCUT2D eigenvalue weighted by Gasteiger charge is 2.25. The summed E-state index contributed by atoms with van der Waals surface area (Å²) >= 11 is 0. The van der Waals surface area contributed by atoms with Gasteiger partial charge in [0, 0.05) is 5.69 Å². The minimum absolute atomic E-state index is 0.0533. The van der Waals surface area contributed by atoms with Crippen molar-refractivity contribution in [2.45, 2.75) is 6.92 Å². The van der Waals surface area contributed by atoms with Crippen molar-refractivity contribution in [3.8, 4) is 17.4 Å². The number of benzene rings is 2. The molecule has 1 heterocycles. The fourth-order valence-corrected chi connectivity index (χ4v) is 2.49. The number of methoxy groups -OCH3 is 1. The quantitative estimate of drug-likeness (QED) is 0.332. The molecule has 2 aromatic carbocycles. The molecular formula is C20H18N4O6. The largest absolute Gasteiger partial charge is 0.497 e. The van der Waals surface area contributed by atoms with Gasteiger partial charge in [0.2, 0.25) is 5.82 Å². The molecule has 1 N–H and O–H groups in total. The minimum Gasteiger partial charge on any atom is -0.497 e. The van der Waals surface area contributed by atoms with Gasteiger partial charge in [0.05, 0.1) is 24.2 Å². The van der Waals surface area contributed by atoms with E-state index in [0.717, 1.165) is 6.33 Å². The lowest BCUT2D eigenvalue weighted by Crippen LogP contribution is -2.05. The molecule has 3 rings (SSSR count). The van der Waals surface area contributed by atoms with Crippen molar-refractivity contribution in [1.29, 1.82) is 0 Å². The molecule has 0 unspecified atom stereocenters. The maximum absolute atomic E-state index is 11.7. The predicted molar refractivity (Wildman–Crippen MR) is 107 cm³/mol. The molecule has 0 aliphatic carbocycles. The fourth-order valence-electron chi connectivity index (χ4n) is 2.49. The predicted octanol–water partition coefficient (Wildman–Crippen LogP) is 4.11. The number of carbonyl (C=O) groups excluding carboxylic acids is 1. The Balaban J connectivity index is 1.85. The summed E-state index contributed by atoms with van der Waals surface area (Å²) in [5.41, 5.74) is 0.422. The number of hydrogen-bond donors (Lipinski definition) is 1. The number of hydrogen-bond acceptors (Lipinski definition) is 9. The van der Waals surface area contributed by atoms with Gasteiger partial charge in [-0.15, -0.1) is 0 Å². The summed E-state index contributed by atoms with van der Waals surface area (Å²) < 4.78 is 15.6. The molecule has 0 aliphatic heterocycles. The van der Waals surface area contributed by atoms with Crippen molar-refractivity contribution in [2.75, 3.05) is 19.0 Å². The number of anilines is 2. The highest BCUT2D eigenvalue weighted by atomic mass is 16.6. The number of nitrogens with one attached hydrogen (secondary N) is 1. The molecule has 3 aromatic rings. The molecular weight excluding hydrogens is 392 g/mol.